The van der Waals surface area contributed by atoms with E-state index in [9.17, 15) is 13.2 Å². The first-order valence-corrected chi connectivity index (χ1v) is 11.0. The molecule has 148 valence electrons. The quantitative estimate of drug-likeness (QED) is 0.765. The minimum absolute atomic E-state index is 0.143. The van der Waals surface area contributed by atoms with Gasteiger partial charge in [0.25, 0.3) is 5.91 Å². The van der Waals surface area contributed by atoms with Gasteiger partial charge in [-0.3, -0.25) is 4.79 Å². The predicted molar refractivity (Wildman–Crippen MR) is 106 cm³/mol. The van der Waals surface area contributed by atoms with Gasteiger partial charge in [0.05, 0.1) is 22.1 Å². The molecule has 0 aromatic heterocycles. The van der Waals surface area contributed by atoms with E-state index >= 15 is 0 Å². The van der Waals surface area contributed by atoms with Crippen LogP contribution in [0.25, 0.3) is 0 Å². The molecule has 1 amide bonds. The fraction of sp³-hybridized carbons (Fsp3) is 0.350. The molecule has 0 bridgehead atoms. The molecule has 4 rings (SSSR count). The lowest BCUT2D eigenvalue weighted by Crippen LogP contribution is -2.55. The monoisotopic (exact) mass is 420 g/mol. The van der Waals surface area contributed by atoms with Gasteiger partial charge in [-0.15, -0.1) is 0 Å². The van der Waals surface area contributed by atoms with E-state index in [4.69, 9.17) is 16.3 Å². The van der Waals surface area contributed by atoms with Gasteiger partial charge in [-0.05, 0) is 24.3 Å². The summed E-state index contributed by atoms with van der Waals surface area (Å²) in [4.78, 5) is 14.8. The average molecular weight is 421 g/mol. The van der Waals surface area contributed by atoms with Crippen LogP contribution in [0.15, 0.2) is 59.5 Å². The normalized spacial score (nSPS) is 19.8. The summed E-state index contributed by atoms with van der Waals surface area (Å²) >= 11 is 6.15. The van der Waals surface area contributed by atoms with E-state index in [1.807, 2.05) is 0 Å². The number of piperidine rings is 1. The Kier molecular flexibility index (Phi) is 5.18. The number of halogens is 1. The van der Waals surface area contributed by atoms with Crippen LogP contribution in [0.5, 0.6) is 0 Å². The molecule has 2 aliphatic heterocycles. The summed E-state index contributed by atoms with van der Waals surface area (Å²) in [5, 5.41) is 0.415. The molecule has 2 aliphatic rings. The zero-order valence-electron chi connectivity index (χ0n) is 15.3. The van der Waals surface area contributed by atoms with E-state index in [1.54, 1.807) is 59.5 Å². The van der Waals surface area contributed by atoms with Crippen molar-refractivity contribution in [1.82, 2.24) is 9.21 Å². The fourth-order valence-electron chi connectivity index (χ4n) is 3.91. The third kappa shape index (κ3) is 3.33. The number of likely N-dealkylation sites (tertiary alicyclic amines) is 1. The van der Waals surface area contributed by atoms with E-state index < -0.39 is 15.7 Å². The standard InChI is InChI=1S/C20H21ClN2O4S/c21-18-9-5-4-8-17(18)19(24)22-12-10-20(11-13-22)23(14-15-27-20)28(25,26)16-6-2-1-3-7-16/h1-9H,10-15H2. The van der Waals surface area contributed by atoms with Gasteiger partial charge >= 0.3 is 0 Å². The maximum Gasteiger partial charge on any atom is 0.255 e. The van der Waals surface area contributed by atoms with Gasteiger partial charge in [0.2, 0.25) is 10.0 Å². The highest BCUT2D eigenvalue weighted by Gasteiger charge is 2.51. The molecule has 2 heterocycles. The van der Waals surface area contributed by atoms with Gasteiger partial charge in [0.1, 0.15) is 5.72 Å². The van der Waals surface area contributed by atoms with Gasteiger partial charge < -0.3 is 9.64 Å². The number of carbonyl (C=O) groups excluding carboxylic acids is 1. The van der Waals surface area contributed by atoms with E-state index in [1.165, 1.54) is 4.31 Å². The van der Waals surface area contributed by atoms with Crippen LogP contribution < -0.4 is 0 Å². The Balaban J connectivity index is 1.53. The second-order valence-electron chi connectivity index (χ2n) is 6.96. The van der Waals surface area contributed by atoms with E-state index in [0.29, 0.717) is 49.7 Å². The fourth-order valence-corrected chi connectivity index (χ4v) is 5.87. The highest BCUT2D eigenvalue weighted by atomic mass is 35.5. The second-order valence-corrected chi connectivity index (χ2v) is 9.23. The van der Waals surface area contributed by atoms with Crippen molar-refractivity contribution in [2.24, 2.45) is 0 Å². The number of hydrogen-bond acceptors (Lipinski definition) is 4. The van der Waals surface area contributed by atoms with Crippen LogP contribution in [0, 0.1) is 0 Å². The number of amides is 1. The zero-order chi connectivity index (χ0) is 19.8. The van der Waals surface area contributed by atoms with Gasteiger partial charge in [0.15, 0.2) is 0 Å². The van der Waals surface area contributed by atoms with Crippen LogP contribution in [-0.2, 0) is 14.8 Å². The van der Waals surface area contributed by atoms with Crippen molar-refractivity contribution in [2.75, 3.05) is 26.2 Å². The molecule has 0 aliphatic carbocycles. The van der Waals surface area contributed by atoms with Crippen molar-refractivity contribution in [1.29, 1.82) is 0 Å². The van der Waals surface area contributed by atoms with E-state index in [-0.39, 0.29) is 10.8 Å². The van der Waals surface area contributed by atoms with Crippen LogP contribution in [0.4, 0.5) is 0 Å². The van der Waals surface area contributed by atoms with Crippen LogP contribution in [0.1, 0.15) is 23.2 Å². The highest BCUT2D eigenvalue weighted by Crippen LogP contribution is 2.38. The molecule has 0 atom stereocenters. The second kappa shape index (κ2) is 7.48. The number of benzene rings is 2. The topological polar surface area (TPSA) is 66.9 Å². The molecule has 2 fully saturated rings. The van der Waals surface area contributed by atoms with Crippen molar-refractivity contribution in [3.8, 4) is 0 Å². The molecule has 6 nitrogen and oxygen atoms in total. The minimum atomic E-state index is -3.66. The molecule has 0 saturated carbocycles. The van der Waals surface area contributed by atoms with Crippen LogP contribution in [0.2, 0.25) is 5.02 Å². The van der Waals surface area contributed by atoms with Gasteiger partial charge in [0, 0.05) is 32.5 Å². The molecule has 0 N–H and O–H groups in total. The molecule has 28 heavy (non-hydrogen) atoms. The molecule has 2 aromatic rings. The maximum atomic E-state index is 13.1. The Labute approximate surface area is 169 Å². The Morgan fingerprint density at radius 3 is 2.29 bits per heavy atom. The summed E-state index contributed by atoms with van der Waals surface area (Å²) in [5.74, 6) is -0.143. The average Bonchev–Trinajstić information content (AvgIpc) is 3.13. The van der Waals surface area contributed by atoms with Crippen molar-refractivity contribution in [3.05, 3.63) is 65.2 Å². The van der Waals surface area contributed by atoms with E-state index in [0.717, 1.165) is 0 Å². The number of rotatable bonds is 3. The first-order valence-electron chi connectivity index (χ1n) is 9.20. The Hall–Kier alpha value is -1.93. The van der Waals surface area contributed by atoms with Crippen molar-refractivity contribution >= 4 is 27.5 Å². The predicted octanol–water partition coefficient (Wildman–Crippen LogP) is 2.99. The van der Waals surface area contributed by atoms with Gasteiger partial charge in [-0.2, -0.15) is 4.31 Å². The number of sulfonamides is 1. The SMILES string of the molecule is O=C(c1ccccc1Cl)N1CCC2(CC1)OCCN2S(=O)(=O)c1ccccc1. The molecule has 2 saturated heterocycles. The molecule has 0 unspecified atom stereocenters. The van der Waals surface area contributed by atoms with E-state index in [2.05, 4.69) is 0 Å². The lowest BCUT2D eigenvalue weighted by atomic mass is 10.00. The van der Waals surface area contributed by atoms with Gasteiger partial charge in [-0.1, -0.05) is 41.9 Å². The molecule has 8 heteroatoms. The summed E-state index contributed by atoms with van der Waals surface area (Å²) in [6.45, 7) is 1.48. The third-order valence-electron chi connectivity index (χ3n) is 5.39. The molecular formula is C20H21ClN2O4S. The lowest BCUT2D eigenvalue weighted by Gasteiger charge is -2.42. The molecule has 0 radical (unpaired) electrons. The molecule has 1 spiro atoms. The largest absolute Gasteiger partial charge is 0.358 e. The highest BCUT2D eigenvalue weighted by molar-refractivity contribution is 7.89. The summed E-state index contributed by atoms with van der Waals surface area (Å²) in [7, 11) is -3.66. The summed E-state index contributed by atoms with van der Waals surface area (Å²) < 4.78 is 33.7. The first kappa shape index (κ1) is 19.4. The number of carbonyl (C=O) groups is 1. The molecule has 2 aromatic carbocycles. The lowest BCUT2D eigenvalue weighted by molar-refractivity contribution is -0.0857. The smallest absolute Gasteiger partial charge is 0.255 e. The number of nitrogens with zero attached hydrogens (tertiary/aromatic N) is 2. The van der Waals surface area contributed by atoms with Crippen molar-refractivity contribution < 1.29 is 17.9 Å². The van der Waals surface area contributed by atoms with Crippen LogP contribution in [-0.4, -0.2) is 55.5 Å². The number of hydrogen-bond donors (Lipinski definition) is 0. The van der Waals surface area contributed by atoms with Crippen molar-refractivity contribution in [2.45, 2.75) is 23.5 Å². The Morgan fingerprint density at radius 2 is 1.61 bits per heavy atom. The summed E-state index contributed by atoms with van der Waals surface area (Å²) in [5.41, 5.74) is -0.437. The van der Waals surface area contributed by atoms with Crippen molar-refractivity contribution in [3.63, 3.8) is 0 Å². The molecular weight excluding hydrogens is 400 g/mol. The Bertz CT molecular complexity index is 973. The zero-order valence-corrected chi connectivity index (χ0v) is 16.8. The number of ether oxygens (including phenoxy) is 1. The third-order valence-corrected chi connectivity index (χ3v) is 7.68. The Morgan fingerprint density at radius 1 is 0.964 bits per heavy atom. The summed E-state index contributed by atoms with van der Waals surface area (Å²) in [6.07, 6.45) is 0.852. The summed E-state index contributed by atoms with van der Waals surface area (Å²) in [6, 6.07) is 15.3. The maximum absolute atomic E-state index is 13.1. The van der Waals surface area contributed by atoms with Crippen LogP contribution in [0.3, 0.4) is 0 Å². The van der Waals surface area contributed by atoms with Gasteiger partial charge in [-0.25, -0.2) is 8.42 Å². The minimum Gasteiger partial charge on any atom is -0.358 e. The van der Waals surface area contributed by atoms with Crippen LogP contribution >= 0.6 is 11.6 Å². The first-order chi connectivity index (χ1) is 13.4.